The van der Waals surface area contributed by atoms with Crippen LogP contribution in [0.5, 0.6) is 0 Å². The largest absolute Gasteiger partial charge is 0.355 e. The number of anilines is 1. The molecule has 1 fully saturated rings. The van der Waals surface area contributed by atoms with E-state index >= 15 is 0 Å². The molecule has 0 saturated heterocycles. The van der Waals surface area contributed by atoms with Crippen LogP contribution in [0.3, 0.4) is 0 Å². The van der Waals surface area contributed by atoms with Gasteiger partial charge in [0.2, 0.25) is 5.95 Å². The van der Waals surface area contributed by atoms with Crippen molar-refractivity contribution in [3.63, 3.8) is 0 Å². The summed E-state index contributed by atoms with van der Waals surface area (Å²) in [5, 5.41) is 3.50. The predicted molar refractivity (Wildman–Crippen MR) is 77.0 cm³/mol. The highest BCUT2D eigenvalue weighted by Gasteiger charge is 2.22. The quantitative estimate of drug-likeness (QED) is 0.873. The van der Waals surface area contributed by atoms with Crippen LogP contribution >= 0.6 is 0 Å². The molecule has 0 amide bonds. The number of aromatic nitrogens is 2. The molecule has 3 heteroatoms. The summed E-state index contributed by atoms with van der Waals surface area (Å²) in [4.78, 5) is 4.63. The SMILES string of the molecule is Cc1cn(C2CCCC(C)C2)c(NCC(C)C)n1. The van der Waals surface area contributed by atoms with Gasteiger partial charge in [0.1, 0.15) is 0 Å². The van der Waals surface area contributed by atoms with Crippen LogP contribution in [0.4, 0.5) is 5.95 Å². The molecule has 1 aromatic heterocycles. The zero-order valence-electron chi connectivity index (χ0n) is 12.2. The third-order valence-electron chi connectivity index (χ3n) is 3.82. The van der Waals surface area contributed by atoms with Crippen LogP contribution in [-0.4, -0.2) is 16.1 Å². The number of imidazole rings is 1. The minimum Gasteiger partial charge on any atom is -0.355 e. The second kappa shape index (κ2) is 5.77. The Balaban J connectivity index is 2.10. The molecule has 0 aliphatic heterocycles. The smallest absolute Gasteiger partial charge is 0.203 e. The lowest BCUT2D eigenvalue weighted by molar-refractivity contribution is 0.284. The number of nitrogens with one attached hydrogen (secondary N) is 1. The van der Waals surface area contributed by atoms with Crippen LogP contribution in [0, 0.1) is 18.8 Å². The van der Waals surface area contributed by atoms with E-state index in [1.165, 1.54) is 25.7 Å². The number of hydrogen-bond acceptors (Lipinski definition) is 2. The predicted octanol–water partition coefficient (Wildman–Crippen LogP) is 4.01. The zero-order chi connectivity index (χ0) is 13.1. The van der Waals surface area contributed by atoms with Gasteiger partial charge in [-0.1, -0.05) is 33.6 Å². The fourth-order valence-corrected chi connectivity index (χ4v) is 2.88. The number of nitrogens with zero attached hydrogens (tertiary/aromatic N) is 2. The molecule has 0 spiro atoms. The molecule has 2 rings (SSSR count). The molecule has 1 heterocycles. The Labute approximate surface area is 111 Å². The topological polar surface area (TPSA) is 29.9 Å². The first-order valence-corrected chi connectivity index (χ1v) is 7.35. The summed E-state index contributed by atoms with van der Waals surface area (Å²) >= 11 is 0. The Morgan fingerprint density at radius 1 is 1.44 bits per heavy atom. The van der Waals surface area contributed by atoms with Crippen molar-refractivity contribution in [3.8, 4) is 0 Å². The summed E-state index contributed by atoms with van der Waals surface area (Å²) in [6, 6.07) is 0.643. The first-order valence-electron chi connectivity index (χ1n) is 7.35. The minimum atomic E-state index is 0.643. The van der Waals surface area contributed by atoms with Gasteiger partial charge in [0, 0.05) is 18.8 Å². The van der Waals surface area contributed by atoms with Gasteiger partial charge >= 0.3 is 0 Å². The van der Waals surface area contributed by atoms with Gasteiger partial charge < -0.3 is 9.88 Å². The lowest BCUT2D eigenvalue weighted by Crippen LogP contribution is -2.20. The van der Waals surface area contributed by atoms with Gasteiger partial charge in [0.25, 0.3) is 0 Å². The van der Waals surface area contributed by atoms with E-state index in [0.29, 0.717) is 12.0 Å². The molecular weight excluding hydrogens is 222 g/mol. The fraction of sp³-hybridized carbons (Fsp3) is 0.800. The molecule has 1 saturated carbocycles. The Hall–Kier alpha value is -0.990. The van der Waals surface area contributed by atoms with Crippen LogP contribution in [0.25, 0.3) is 0 Å². The van der Waals surface area contributed by atoms with Crippen molar-refractivity contribution in [1.29, 1.82) is 0 Å². The summed E-state index contributed by atoms with van der Waals surface area (Å²) in [7, 11) is 0. The molecule has 1 aromatic rings. The summed E-state index contributed by atoms with van der Waals surface area (Å²) in [6.07, 6.45) is 7.56. The number of aryl methyl sites for hydroxylation is 1. The molecule has 1 aliphatic carbocycles. The molecule has 3 nitrogen and oxygen atoms in total. The minimum absolute atomic E-state index is 0.643. The van der Waals surface area contributed by atoms with E-state index < -0.39 is 0 Å². The first-order chi connectivity index (χ1) is 8.56. The molecule has 0 bridgehead atoms. The third-order valence-corrected chi connectivity index (χ3v) is 3.82. The average Bonchev–Trinajstić information content (AvgIpc) is 2.68. The first kappa shape index (κ1) is 13.4. The summed E-state index contributed by atoms with van der Waals surface area (Å²) in [5.41, 5.74) is 1.12. The van der Waals surface area contributed by atoms with Crippen molar-refractivity contribution in [2.45, 2.75) is 59.4 Å². The van der Waals surface area contributed by atoms with Crippen molar-refractivity contribution in [2.24, 2.45) is 11.8 Å². The normalized spacial score (nSPS) is 24.5. The van der Waals surface area contributed by atoms with Crippen molar-refractivity contribution >= 4 is 5.95 Å². The van der Waals surface area contributed by atoms with Crippen LogP contribution < -0.4 is 5.32 Å². The van der Waals surface area contributed by atoms with Crippen molar-refractivity contribution in [1.82, 2.24) is 9.55 Å². The van der Waals surface area contributed by atoms with Gasteiger partial charge in [0.15, 0.2) is 0 Å². The molecule has 18 heavy (non-hydrogen) atoms. The molecule has 102 valence electrons. The van der Waals surface area contributed by atoms with E-state index in [1.54, 1.807) is 0 Å². The molecule has 2 atom stereocenters. The molecule has 0 aromatic carbocycles. The van der Waals surface area contributed by atoms with E-state index in [0.717, 1.165) is 24.1 Å². The van der Waals surface area contributed by atoms with E-state index in [4.69, 9.17) is 0 Å². The van der Waals surface area contributed by atoms with Crippen LogP contribution in [-0.2, 0) is 0 Å². The second-order valence-electron chi connectivity index (χ2n) is 6.31. The number of rotatable bonds is 4. The fourth-order valence-electron chi connectivity index (χ4n) is 2.88. The van der Waals surface area contributed by atoms with Gasteiger partial charge in [0.05, 0.1) is 5.69 Å². The monoisotopic (exact) mass is 249 g/mol. The lowest BCUT2D eigenvalue weighted by atomic mass is 9.87. The highest BCUT2D eigenvalue weighted by Crippen LogP contribution is 2.34. The second-order valence-corrected chi connectivity index (χ2v) is 6.31. The molecule has 1 N–H and O–H groups in total. The maximum Gasteiger partial charge on any atom is 0.203 e. The van der Waals surface area contributed by atoms with Crippen LogP contribution in [0.1, 0.15) is 58.2 Å². The van der Waals surface area contributed by atoms with Crippen molar-refractivity contribution in [2.75, 3.05) is 11.9 Å². The van der Waals surface area contributed by atoms with Crippen LogP contribution in [0.2, 0.25) is 0 Å². The number of hydrogen-bond donors (Lipinski definition) is 1. The van der Waals surface area contributed by atoms with Gasteiger partial charge in [-0.25, -0.2) is 4.98 Å². The van der Waals surface area contributed by atoms with Crippen molar-refractivity contribution < 1.29 is 0 Å². The highest BCUT2D eigenvalue weighted by molar-refractivity contribution is 5.29. The maximum atomic E-state index is 4.63. The van der Waals surface area contributed by atoms with Gasteiger partial charge in [-0.3, -0.25) is 0 Å². The molecular formula is C15H27N3. The Morgan fingerprint density at radius 3 is 2.89 bits per heavy atom. The summed E-state index contributed by atoms with van der Waals surface area (Å²) < 4.78 is 2.38. The molecule has 1 aliphatic rings. The van der Waals surface area contributed by atoms with Gasteiger partial charge in [-0.15, -0.1) is 0 Å². The third kappa shape index (κ3) is 3.27. The molecule has 0 radical (unpaired) electrons. The van der Waals surface area contributed by atoms with E-state index in [-0.39, 0.29) is 0 Å². The van der Waals surface area contributed by atoms with E-state index in [9.17, 15) is 0 Å². The van der Waals surface area contributed by atoms with Gasteiger partial charge in [-0.2, -0.15) is 0 Å². The highest BCUT2D eigenvalue weighted by atomic mass is 15.2. The van der Waals surface area contributed by atoms with Crippen molar-refractivity contribution in [3.05, 3.63) is 11.9 Å². The van der Waals surface area contributed by atoms with E-state index in [1.807, 2.05) is 0 Å². The average molecular weight is 249 g/mol. The standard InChI is InChI=1S/C15H27N3/c1-11(2)9-16-15-17-13(4)10-18(15)14-7-5-6-12(3)8-14/h10-12,14H,5-9H2,1-4H3,(H,16,17). The zero-order valence-corrected chi connectivity index (χ0v) is 12.2. The lowest BCUT2D eigenvalue weighted by Gasteiger charge is -2.29. The summed E-state index contributed by atoms with van der Waals surface area (Å²) in [6.45, 7) is 9.92. The Kier molecular flexibility index (Phi) is 4.31. The molecule has 2 unspecified atom stereocenters. The Bertz CT molecular complexity index is 381. The van der Waals surface area contributed by atoms with Gasteiger partial charge in [-0.05, 0) is 31.6 Å². The summed E-state index contributed by atoms with van der Waals surface area (Å²) in [5.74, 6) is 2.57. The Morgan fingerprint density at radius 2 is 2.22 bits per heavy atom. The van der Waals surface area contributed by atoms with Crippen LogP contribution in [0.15, 0.2) is 6.20 Å². The maximum absolute atomic E-state index is 4.63. The van der Waals surface area contributed by atoms with E-state index in [2.05, 4.69) is 48.8 Å².